The third-order valence-corrected chi connectivity index (χ3v) is 6.83. The molecule has 0 spiro atoms. The molecule has 0 aliphatic heterocycles. The van der Waals surface area contributed by atoms with Crippen LogP contribution in [0.2, 0.25) is 0 Å². The second kappa shape index (κ2) is 5.83. The van der Waals surface area contributed by atoms with Gasteiger partial charge in [0.05, 0.1) is 5.56 Å². The van der Waals surface area contributed by atoms with Crippen LogP contribution in [-0.2, 0) is 16.6 Å². The molecule has 0 bridgehead atoms. The molecular weight excluding hydrogens is 322 g/mol. The van der Waals surface area contributed by atoms with Gasteiger partial charge < -0.3 is 5.11 Å². The molecule has 0 saturated heterocycles. The summed E-state index contributed by atoms with van der Waals surface area (Å²) in [5.74, 6) is -1.11. The van der Waals surface area contributed by atoms with Crippen molar-refractivity contribution >= 4 is 27.3 Å². The molecule has 2 aromatic rings. The van der Waals surface area contributed by atoms with Crippen LogP contribution in [0.25, 0.3) is 0 Å². The molecule has 7 heteroatoms. The van der Waals surface area contributed by atoms with Crippen LogP contribution in [0.3, 0.4) is 0 Å². The summed E-state index contributed by atoms with van der Waals surface area (Å²) < 4.78 is 27.2. The number of hydrogen-bond acceptors (Lipinski definition) is 4. The molecule has 1 aliphatic carbocycles. The predicted molar refractivity (Wildman–Crippen MR) is 83.5 cm³/mol. The Bertz CT molecular complexity index is 779. The number of hydrogen-bond donors (Lipinski definition) is 1. The van der Waals surface area contributed by atoms with E-state index >= 15 is 0 Å². The predicted octanol–water partition coefficient (Wildman–Crippen LogP) is 2.80. The molecule has 3 rings (SSSR count). The first-order valence-electron chi connectivity index (χ1n) is 6.86. The molecule has 0 radical (unpaired) electrons. The van der Waals surface area contributed by atoms with Crippen molar-refractivity contribution in [1.29, 1.82) is 0 Å². The van der Waals surface area contributed by atoms with Crippen molar-refractivity contribution in [3.05, 3.63) is 52.9 Å². The van der Waals surface area contributed by atoms with Crippen LogP contribution in [0.15, 0.2) is 46.0 Å². The highest BCUT2D eigenvalue weighted by Gasteiger charge is 2.38. The molecule has 1 aliphatic rings. The average Bonchev–Trinajstić information content (AvgIpc) is 3.19. The van der Waals surface area contributed by atoms with E-state index < -0.39 is 16.0 Å². The van der Waals surface area contributed by atoms with Crippen molar-refractivity contribution < 1.29 is 18.3 Å². The smallest absolute Gasteiger partial charge is 0.336 e. The Balaban J connectivity index is 1.91. The van der Waals surface area contributed by atoms with Crippen LogP contribution in [0, 0.1) is 0 Å². The maximum atomic E-state index is 12.8. The third-order valence-electron chi connectivity index (χ3n) is 3.52. The Kier molecular flexibility index (Phi) is 4.03. The second-order valence-corrected chi connectivity index (χ2v) is 8.26. The Morgan fingerprint density at radius 2 is 1.95 bits per heavy atom. The van der Waals surface area contributed by atoms with Gasteiger partial charge in [0.25, 0.3) is 10.0 Å². The highest BCUT2D eigenvalue weighted by molar-refractivity contribution is 7.91. The van der Waals surface area contributed by atoms with E-state index in [1.807, 2.05) is 30.3 Å². The topological polar surface area (TPSA) is 74.7 Å². The maximum absolute atomic E-state index is 12.8. The number of nitrogens with zero attached hydrogens (tertiary/aromatic N) is 1. The number of carbonyl (C=O) groups is 1. The standard InChI is InChI=1S/C15H15NO4S2/c17-15(18)12-8-14(21-10-12)22(19,20)16(13-6-7-13)9-11-4-2-1-3-5-11/h1-5,8,10,13H,6-7,9H2,(H,17,18). The molecule has 1 saturated carbocycles. The number of thiophene rings is 1. The minimum absolute atomic E-state index is 0.0130. The van der Waals surface area contributed by atoms with Gasteiger partial charge in [0, 0.05) is 18.0 Å². The molecule has 1 aromatic heterocycles. The molecule has 116 valence electrons. The van der Waals surface area contributed by atoms with E-state index in [2.05, 4.69) is 0 Å². The van der Waals surface area contributed by atoms with Gasteiger partial charge >= 0.3 is 5.97 Å². The zero-order chi connectivity index (χ0) is 15.7. The summed E-state index contributed by atoms with van der Waals surface area (Å²) in [4.78, 5) is 10.9. The van der Waals surface area contributed by atoms with Gasteiger partial charge in [0.1, 0.15) is 4.21 Å². The summed E-state index contributed by atoms with van der Waals surface area (Å²) in [6, 6.07) is 10.7. The van der Waals surface area contributed by atoms with E-state index in [1.165, 1.54) is 15.8 Å². The highest BCUT2D eigenvalue weighted by atomic mass is 32.2. The molecule has 0 unspecified atom stereocenters. The van der Waals surface area contributed by atoms with Gasteiger partial charge in [-0.3, -0.25) is 0 Å². The van der Waals surface area contributed by atoms with Crippen LogP contribution in [0.1, 0.15) is 28.8 Å². The van der Waals surface area contributed by atoms with Gasteiger partial charge in [0.2, 0.25) is 0 Å². The van der Waals surface area contributed by atoms with Gasteiger partial charge in [-0.15, -0.1) is 11.3 Å². The lowest BCUT2D eigenvalue weighted by atomic mass is 10.2. The third kappa shape index (κ3) is 3.06. The van der Waals surface area contributed by atoms with E-state index in [1.54, 1.807) is 0 Å². The van der Waals surface area contributed by atoms with Crippen molar-refractivity contribution in [3.8, 4) is 0 Å². The first kappa shape index (κ1) is 15.2. The first-order chi connectivity index (χ1) is 10.5. The van der Waals surface area contributed by atoms with Crippen molar-refractivity contribution in [2.24, 2.45) is 0 Å². The largest absolute Gasteiger partial charge is 0.478 e. The molecule has 5 nitrogen and oxygen atoms in total. The minimum Gasteiger partial charge on any atom is -0.478 e. The number of sulfonamides is 1. The normalized spacial score (nSPS) is 15.1. The molecule has 22 heavy (non-hydrogen) atoms. The lowest BCUT2D eigenvalue weighted by Crippen LogP contribution is -2.32. The zero-order valence-electron chi connectivity index (χ0n) is 11.7. The van der Waals surface area contributed by atoms with Crippen molar-refractivity contribution in [3.63, 3.8) is 0 Å². The monoisotopic (exact) mass is 337 g/mol. The molecule has 0 atom stereocenters. The van der Waals surface area contributed by atoms with E-state index in [-0.39, 0.29) is 15.8 Å². The van der Waals surface area contributed by atoms with Crippen LogP contribution >= 0.6 is 11.3 Å². The van der Waals surface area contributed by atoms with Gasteiger partial charge in [-0.05, 0) is 24.5 Å². The van der Waals surface area contributed by atoms with Crippen LogP contribution in [-0.4, -0.2) is 29.8 Å². The van der Waals surface area contributed by atoms with Crippen LogP contribution in [0.5, 0.6) is 0 Å². The van der Waals surface area contributed by atoms with Crippen molar-refractivity contribution in [2.75, 3.05) is 0 Å². The van der Waals surface area contributed by atoms with Crippen LogP contribution in [0.4, 0.5) is 0 Å². The Morgan fingerprint density at radius 1 is 1.27 bits per heavy atom. The zero-order valence-corrected chi connectivity index (χ0v) is 13.3. The number of benzene rings is 1. The average molecular weight is 337 g/mol. The molecule has 1 aromatic carbocycles. The van der Waals surface area contributed by atoms with E-state index in [0.717, 1.165) is 29.7 Å². The Labute approximate surface area is 132 Å². The summed E-state index contributed by atoms with van der Waals surface area (Å²) in [5.41, 5.74) is 0.937. The Hall–Kier alpha value is -1.70. The lowest BCUT2D eigenvalue weighted by Gasteiger charge is -2.21. The maximum Gasteiger partial charge on any atom is 0.336 e. The van der Waals surface area contributed by atoms with Gasteiger partial charge in [0.15, 0.2) is 0 Å². The summed E-state index contributed by atoms with van der Waals surface area (Å²) in [6.07, 6.45) is 1.70. The number of aromatic carboxylic acids is 1. The number of carboxylic acids is 1. The fraction of sp³-hybridized carbons (Fsp3) is 0.267. The SMILES string of the molecule is O=C(O)c1csc(S(=O)(=O)N(Cc2ccccc2)C2CC2)c1. The molecule has 1 N–H and O–H groups in total. The molecule has 1 heterocycles. The van der Waals surface area contributed by atoms with E-state index in [9.17, 15) is 13.2 Å². The van der Waals surface area contributed by atoms with Gasteiger partial charge in [-0.25, -0.2) is 13.2 Å². The van der Waals surface area contributed by atoms with E-state index in [0.29, 0.717) is 6.54 Å². The fourth-order valence-corrected chi connectivity index (χ4v) is 5.17. The summed E-state index contributed by atoms with van der Waals surface area (Å²) in [7, 11) is -3.66. The minimum atomic E-state index is -3.66. The fourth-order valence-electron chi connectivity index (χ4n) is 2.22. The lowest BCUT2D eigenvalue weighted by molar-refractivity contribution is 0.0697. The molecule has 0 amide bonds. The van der Waals surface area contributed by atoms with Crippen LogP contribution < -0.4 is 0 Å². The molecule has 1 fully saturated rings. The van der Waals surface area contributed by atoms with Crippen molar-refractivity contribution in [2.45, 2.75) is 29.6 Å². The molecular formula is C15H15NO4S2. The number of rotatable bonds is 6. The van der Waals surface area contributed by atoms with Gasteiger partial charge in [-0.2, -0.15) is 4.31 Å². The summed E-state index contributed by atoms with van der Waals surface area (Å²) in [5, 5.41) is 10.3. The highest BCUT2D eigenvalue weighted by Crippen LogP contribution is 2.35. The van der Waals surface area contributed by atoms with E-state index in [4.69, 9.17) is 5.11 Å². The first-order valence-corrected chi connectivity index (χ1v) is 9.18. The number of carboxylic acid groups (broad SMARTS) is 1. The summed E-state index contributed by atoms with van der Waals surface area (Å²) >= 11 is 0.958. The van der Waals surface area contributed by atoms with Crippen molar-refractivity contribution in [1.82, 2.24) is 4.31 Å². The van der Waals surface area contributed by atoms with Gasteiger partial charge in [-0.1, -0.05) is 30.3 Å². The second-order valence-electron chi connectivity index (χ2n) is 5.23. The quantitative estimate of drug-likeness (QED) is 0.879. The Morgan fingerprint density at radius 3 is 2.50 bits per heavy atom. The summed E-state index contributed by atoms with van der Waals surface area (Å²) in [6.45, 7) is 0.314.